The van der Waals surface area contributed by atoms with Crippen LogP contribution in [0.3, 0.4) is 0 Å². The van der Waals surface area contributed by atoms with Gasteiger partial charge in [0.2, 0.25) is 11.8 Å². The normalized spacial score (nSPS) is 20.2. The fourth-order valence-electron chi connectivity index (χ4n) is 1.61. The lowest BCUT2D eigenvalue weighted by Gasteiger charge is -2.09. The summed E-state index contributed by atoms with van der Waals surface area (Å²) in [5.74, 6) is -0.00219. The minimum Gasteiger partial charge on any atom is -0.348 e. The van der Waals surface area contributed by atoms with Crippen molar-refractivity contribution in [3.63, 3.8) is 0 Å². The first-order chi connectivity index (χ1) is 7.66. The lowest BCUT2D eigenvalue weighted by atomic mass is 10.1. The second-order valence-electron chi connectivity index (χ2n) is 3.72. The fraction of sp³-hybridized carbons (Fsp3) is 0.625. The molecule has 1 fully saturated rings. The second-order valence-corrected chi connectivity index (χ2v) is 3.72. The number of H-pyrrole nitrogens is 1. The number of nitrogens with one attached hydrogen (secondary N) is 2. The van der Waals surface area contributed by atoms with Gasteiger partial charge in [-0.2, -0.15) is 5.21 Å². The van der Waals surface area contributed by atoms with Crippen LogP contribution >= 0.6 is 0 Å². The molecule has 1 aliphatic heterocycles. The van der Waals surface area contributed by atoms with Gasteiger partial charge in [0.05, 0.1) is 12.5 Å². The van der Waals surface area contributed by atoms with Crippen LogP contribution in [0.2, 0.25) is 0 Å². The zero-order valence-electron chi connectivity index (χ0n) is 8.80. The molecule has 8 nitrogen and oxygen atoms in total. The monoisotopic (exact) mass is 224 g/mol. The number of likely N-dealkylation sites (tertiary alicyclic amines) is 1. The van der Waals surface area contributed by atoms with Gasteiger partial charge in [0.1, 0.15) is 0 Å². The van der Waals surface area contributed by atoms with Crippen molar-refractivity contribution >= 4 is 11.8 Å². The summed E-state index contributed by atoms with van der Waals surface area (Å²) < 4.78 is 0. The first-order valence-corrected chi connectivity index (χ1v) is 4.91. The van der Waals surface area contributed by atoms with Crippen molar-refractivity contribution in [1.82, 2.24) is 30.8 Å². The van der Waals surface area contributed by atoms with Gasteiger partial charge in [-0.25, -0.2) is 0 Å². The zero-order valence-corrected chi connectivity index (χ0v) is 8.80. The molecule has 0 aliphatic carbocycles. The number of amides is 2. The van der Waals surface area contributed by atoms with E-state index >= 15 is 0 Å². The van der Waals surface area contributed by atoms with Gasteiger partial charge in [0.25, 0.3) is 0 Å². The lowest BCUT2D eigenvalue weighted by molar-refractivity contribution is -0.128. The molecule has 16 heavy (non-hydrogen) atoms. The highest BCUT2D eigenvalue weighted by atomic mass is 16.2. The van der Waals surface area contributed by atoms with Crippen LogP contribution in [0.4, 0.5) is 0 Å². The molecule has 2 amide bonds. The third kappa shape index (κ3) is 2.15. The Morgan fingerprint density at radius 3 is 3.06 bits per heavy atom. The topological polar surface area (TPSA) is 104 Å². The highest BCUT2D eigenvalue weighted by molar-refractivity contribution is 5.88. The molecule has 0 aromatic carbocycles. The largest absolute Gasteiger partial charge is 0.348 e. The SMILES string of the molecule is CN1CC(C(=O)NCc2nn[nH]n2)CC1=O. The Hall–Kier alpha value is -1.99. The Morgan fingerprint density at radius 1 is 1.69 bits per heavy atom. The minimum atomic E-state index is -0.274. The molecule has 2 heterocycles. The number of hydrogen-bond acceptors (Lipinski definition) is 5. The second kappa shape index (κ2) is 4.25. The molecule has 1 atom stereocenters. The average molecular weight is 224 g/mol. The van der Waals surface area contributed by atoms with Crippen molar-refractivity contribution in [1.29, 1.82) is 0 Å². The Morgan fingerprint density at radius 2 is 2.50 bits per heavy atom. The number of hydrogen-bond donors (Lipinski definition) is 2. The molecule has 1 aliphatic rings. The first kappa shape index (κ1) is 10.5. The molecule has 1 saturated heterocycles. The summed E-state index contributed by atoms with van der Waals surface area (Å²) in [6, 6.07) is 0. The van der Waals surface area contributed by atoms with E-state index in [0.717, 1.165) is 0 Å². The molecule has 0 bridgehead atoms. The summed E-state index contributed by atoms with van der Waals surface area (Å²) in [5.41, 5.74) is 0. The number of rotatable bonds is 3. The van der Waals surface area contributed by atoms with Crippen molar-refractivity contribution < 1.29 is 9.59 Å². The predicted molar refractivity (Wildman–Crippen MR) is 51.8 cm³/mol. The van der Waals surface area contributed by atoms with Crippen LogP contribution in [0.1, 0.15) is 12.2 Å². The van der Waals surface area contributed by atoms with E-state index in [0.29, 0.717) is 12.4 Å². The predicted octanol–water partition coefficient (Wildman–Crippen LogP) is -1.71. The van der Waals surface area contributed by atoms with E-state index in [-0.39, 0.29) is 30.7 Å². The third-order valence-corrected chi connectivity index (χ3v) is 2.52. The minimum absolute atomic E-state index is 0.000267. The third-order valence-electron chi connectivity index (χ3n) is 2.52. The summed E-state index contributed by atoms with van der Waals surface area (Å²) in [6.45, 7) is 0.695. The number of tetrazole rings is 1. The molecule has 2 rings (SSSR count). The average Bonchev–Trinajstić information content (AvgIpc) is 2.86. The molecular formula is C8H12N6O2. The van der Waals surface area contributed by atoms with Crippen molar-refractivity contribution in [2.45, 2.75) is 13.0 Å². The number of carbonyl (C=O) groups excluding carboxylic acids is 2. The summed E-state index contributed by atoms with van der Waals surface area (Å²) in [4.78, 5) is 24.4. The summed E-state index contributed by atoms with van der Waals surface area (Å²) in [5, 5.41) is 15.7. The van der Waals surface area contributed by atoms with Gasteiger partial charge in [-0.15, -0.1) is 10.2 Å². The van der Waals surface area contributed by atoms with Crippen LogP contribution in [0.5, 0.6) is 0 Å². The zero-order chi connectivity index (χ0) is 11.5. The molecule has 2 N–H and O–H groups in total. The fourth-order valence-corrected chi connectivity index (χ4v) is 1.61. The summed E-state index contributed by atoms with van der Waals surface area (Å²) >= 11 is 0. The highest BCUT2D eigenvalue weighted by Crippen LogP contribution is 2.15. The van der Waals surface area contributed by atoms with E-state index in [9.17, 15) is 9.59 Å². The molecular weight excluding hydrogens is 212 g/mol. The quantitative estimate of drug-likeness (QED) is 0.636. The van der Waals surface area contributed by atoms with Crippen LogP contribution < -0.4 is 5.32 Å². The molecule has 86 valence electrons. The molecule has 0 radical (unpaired) electrons. The molecule has 0 spiro atoms. The van der Waals surface area contributed by atoms with E-state index in [1.54, 1.807) is 11.9 Å². The van der Waals surface area contributed by atoms with Gasteiger partial charge in [0.15, 0.2) is 5.82 Å². The van der Waals surface area contributed by atoms with Gasteiger partial charge >= 0.3 is 0 Å². The maximum atomic E-state index is 11.7. The Labute approximate surface area is 91.4 Å². The summed E-state index contributed by atoms with van der Waals surface area (Å²) in [7, 11) is 1.69. The van der Waals surface area contributed by atoms with E-state index < -0.39 is 0 Å². The Bertz CT molecular complexity index is 389. The highest BCUT2D eigenvalue weighted by Gasteiger charge is 2.31. The van der Waals surface area contributed by atoms with Crippen molar-refractivity contribution in [2.24, 2.45) is 5.92 Å². The lowest BCUT2D eigenvalue weighted by Crippen LogP contribution is -2.32. The van der Waals surface area contributed by atoms with Crippen molar-refractivity contribution in [2.75, 3.05) is 13.6 Å². The van der Waals surface area contributed by atoms with Gasteiger partial charge in [0, 0.05) is 20.0 Å². The molecule has 1 aromatic rings. The maximum absolute atomic E-state index is 11.7. The van der Waals surface area contributed by atoms with Gasteiger partial charge in [-0.05, 0) is 0 Å². The molecule has 1 unspecified atom stereocenters. The van der Waals surface area contributed by atoms with Gasteiger partial charge in [-0.3, -0.25) is 9.59 Å². The van der Waals surface area contributed by atoms with Crippen molar-refractivity contribution in [3.8, 4) is 0 Å². The number of aromatic nitrogens is 4. The number of aromatic amines is 1. The summed E-state index contributed by atoms with van der Waals surface area (Å²) in [6.07, 6.45) is 0.272. The standard InChI is InChI=1S/C8H12N6O2/c1-14-4-5(2-7(14)15)8(16)9-3-6-10-12-13-11-6/h5H,2-4H2,1H3,(H,9,16)(H,10,11,12,13). The van der Waals surface area contributed by atoms with Crippen molar-refractivity contribution in [3.05, 3.63) is 5.82 Å². The van der Waals surface area contributed by atoms with E-state index in [1.165, 1.54) is 0 Å². The van der Waals surface area contributed by atoms with E-state index in [2.05, 4.69) is 25.9 Å². The first-order valence-electron chi connectivity index (χ1n) is 4.91. The van der Waals surface area contributed by atoms with Crippen LogP contribution in [0.25, 0.3) is 0 Å². The maximum Gasteiger partial charge on any atom is 0.225 e. The smallest absolute Gasteiger partial charge is 0.225 e. The number of nitrogens with zero attached hydrogens (tertiary/aromatic N) is 4. The van der Waals surface area contributed by atoms with Crippen LogP contribution in [0.15, 0.2) is 0 Å². The van der Waals surface area contributed by atoms with Crippen LogP contribution in [-0.2, 0) is 16.1 Å². The van der Waals surface area contributed by atoms with Gasteiger partial charge in [-0.1, -0.05) is 5.21 Å². The molecule has 8 heteroatoms. The Kier molecular flexibility index (Phi) is 2.80. The van der Waals surface area contributed by atoms with Crippen LogP contribution in [0, 0.1) is 5.92 Å². The molecule has 0 saturated carbocycles. The van der Waals surface area contributed by atoms with E-state index in [1.807, 2.05) is 0 Å². The number of carbonyl (C=O) groups is 2. The van der Waals surface area contributed by atoms with E-state index in [4.69, 9.17) is 0 Å². The van der Waals surface area contributed by atoms with Gasteiger partial charge < -0.3 is 10.2 Å². The molecule has 1 aromatic heterocycles. The van der Waals surface area contributed by atoms with Crippen LogP contribution in [-0.4, -0.2) is 50.9 Å². The Balaban J connectivity index is 1.83.